The number of hydrogen-bond donors (Lipinski definition) is 0. The van der Waals surface area contributed by atoms with E-state index in [4.69, 9.17) is 21.7 Å². The van der Waals surface area contributed by atoms with Gasteiger partial charge in [0.25, 0.3) is 5.91 Å². The highest BCUT2D eigenvalue weighted by Gasteiger charge is 2.35. The van der Waals surface area contributed by atoms with Gasteiger partial charge in [0.15, 0.2) is 16.6 Å². The van der Waals surface area contributed by atoms with Crippen molar-refractivity contribution in [3.05, 3.63) is 27.9 Å². The van der Waals surface area contributed by atoms with E-state index in [0.29, 0.717) is 28.9 Å². The van der Waals surface area contributed by atoms with Crippen LogP contribution in [0.1, 0.15) is 18.9 Å². The first-order chi connectivity index (χ1) is 10.5. The van der Waals surface area contributed by atoms with Crippen LogP contribution in [0, 0.1) is 0 Å². The fourth-order valence-corrected chi connectivity index (χ4v) is 3.13. The first-order valence-corrected chi connectivity index (χ1v) is 8.13. The molecule has 1 saturated heterocycles. The van der Waals surface area contributed by atoms with E-state index >= 15 is 0 Å². The van der Waals surface area contributed by atoms with Gasteiger partial charge in [-0.25, -0.2) is 0 Å². The van der Waals surface area contributed by atoms with Gasteiger partial charge in [0.2, 0.25) is 6.79 Å². The minimum Gasteiger partial charge on any atom is -0.454 e. The normalized spacial score (nSPS) is 18.8. The lowest BCUT2D eigenvalue weighted by Crippen LogP contribution is -2.31. The molecule has 5 nitrogen and oxygen atoms in total. The van der Waals surface area contributed by atoms with Crippen LogP contribution in [0.2, 0.25) is 0 Å². The van der Waals surface area contributed by atoms with Gasteiger partial charge in [-0.15, -0.1) is 0 Å². The Kier molecular flexibility index (Phi) is 4.10. The predicted octanol–water partition coefficient (Wildman–Crippen LogP) is 2.99. The minimum absolute atomic E-state index is 0.0704. The maximum absolute atomic E-state index is 12.5. The number of nitrogens with zero attached hydrogens (tertiary/aromatic N) is 2. The molecule has 116 valence electrons. The summed E-state index contributed by atoms with van der Waals surface area (Å²) < 4.78 is 11.6. The molecule has 2 aliphatic rings. The highest BCUT2D eigenvalue weighted by molar-refractivity contribution is 9.10. The maximum atomic E-state index is 12.5. The third-order valence-electron chi connectivity index (χ3n) is 3.57. The summed E-state index contributed by atoms with van der Waals surface area (Å²) in [5, 5.41) is 0.537. The molecule has 0 bridgehead atoms. The zero-order valence-corrected chi connectivity index (χ0v) is 14.7. The number of fused-ring (bicyclic) bond motifs is 1. The van der Waals surface area contributed by atoms with Crippen LogP contribution < -0.4 is 9.47 Å². The van der Waals surface area contributed by atoms with Crippen molar-refractivity contribution in [2.24, 2.45) is 0 Å². The Morgan fingerprint density at radius 1 is 1.36 bits per heavy atom. The van der Waals surface area contributed by atoms with E-state index < -0.39 is 0 Å². The lowest BCUT2D eigenvalue weighted by Gasteiger charge is -2.14. The van der Waals surface area contributed by atoms with E-state index in [1.165, 1.54) is 0 Å². The Balaban J connectivity index is 1.98. The largest absolute Gasteiger partial charge is 0.454 e. The molecule has 0 saturated carbocycles. The van der Waals surface area contributed by atoms with Crippen LogP contribution >= 0.6 is 28.1 Å². The second-order valence-corrected chi connectivity index (χ2v) is 6.27. The first-order valence-electron chi connectivity index (χ1n) is 6.93. The van der Waals surface area contributed by atoms with E-state index in [-0.39, 0.29) is 12.7 Å². The van der Waals surface area contributed by atoms with Gasteiger partial charge in [-0.2, -0.15) is 0 Å². The summed E-state index contributed by atoms with van der Waals surface area (Å²) in [7, 11) is 1.81. The maximum Gasteiger partial charge on any atom is 0.276 e. The molecule has 1 amide bonds. The average molecular weight is 383 g/mol. The molecule has 22 heavy (non-hydrogen) atoms. The molecule has 0 aromatic heterocycles. The standard InChI is InChI=1S/C15H15BrN2O3S/c1-3-4-18-14(19)11(17(2)15(18)22)5-9-6-12-13(7-10(9)16)21-8-20-12/h5-7H,3-4,8H2,1-2H3/b11-5-. The van der Waals surface area contributed by atoms with Gasteiger partial charge in [-0.3, -0.25) is 9.69 Å². The van der Waals surface area contributed by atoms with Crippen LogP contribution in [0.3, 0.4) is 0 Å². The second-order valence-electron chi connectivity index (χ2n) is 5.05. The van der Waals surface area contributed by atoms with Crippen LogP contribution in [0.15, 0.2) is 22.3 Å². The van der Waals surface area contributed by atoms with Crippen molar-refractivity contribution in [2.45, 2.75) is 13.3 Å². The van der Waals surface area contributed by atoms with Crippen molar-refractivity contribution in [1.82, 2.24) is 9.80 Å². The molecule has 0 radical (unpaired) electrons. The zero-order valence-electron chi connectivity index (χ0n) is 12.3. The molecule has 0 atom stereocenters. The van der Waals surface area contributed by atoms with Crippen molar-refractivity contribution in [3.63, 3.8) is 0 Å². The summed E-state index contributed by atoms with van der Waals surface area (Å²) in [5.41, 5.74) is 1.40. The van der Waals surface area contributed by atoms with Gasteiger partial charge in [0.1, 0.15) is 5.70 Å². The summed E-state index contributed by atoms with van der Waals surface area (Å²) in [5.74, 6) is 1.30. The third kappa shape index (κ3) is 2.48. The van der Waals surface area contributed by atoms with Gasteiger partial charge in [-0.1, -0.05) is 22.9 Å². The van der Waals surface area contributed by atoms with Crippen LogP contribution in [0.25, 0.3) is 6.08 Å². The number of amides is 1. The zero-order chi connectivity index (χ0) is 15.9. The number of likely N-dealkylation sites (N-methyl/N-ethyl adjacent to an activating group) is 1. The van der Waals surface area contributed by atoms with Gasteiger partial charge < -0.3 is 14.4 Å². The summed E-state index contributed by atoms with van der Waals surface area (Å²) in [6.45, 7) is 2.86. The SMILES string of the molecule is CCCN1C(=O)/C(=C/c2cc3c(cc2Br)OCO3)N(C)C1=S. The van der Waals surface area contributed by atoms with Gasteiger partial charge in [0, 0.05) is 18.1 Å². The molecule has 1 aromatic carbocycles. The lowest BCUT2D eigenvalue weighted by atomic mass is 10.1. The molecule has 0 N–H and O–H groups in total. The molecule has 0 spiro atoms. The van der Waals surface area contributed by atoms with E-state index in [9.17, 15) is 4.79 Å². The van der Waals surface area contributed by atoms with Crippen LogP contribution in [0.4, 0.5) is 0 Å². The van der Waals surface area contributed by atoms with Crippen molar-refractivity contribution < 1.29 is 14.3 Å². The quantitative estimate of drug-likeness (QED) is 0.593. The molecule has 3 rings (SSSR count). The van der Waals surface area contributed by atoms with E-state index in [1.807, 2.05) is 32.2 Å². The monoisotopic (exact) mass is 382 g/mol. The molecule has 2 aliphatic heterocycles. The number of rotatable bonds is 3. The summed E-state index contributed by atoms with van der Waals surface area (Å²) in [4.78, 5) is 15.9. The number of thiocarbonyl (C=S) groups is 1. The third-order valence-corrected chi connectivity index (χ3v) is 4.76. The highest BCUT2D eigenvalue weighted by Crippen LogP contribution is 2.38. The summed E-state index contributed by atoms with van der Waals surface area (Å²) in [6, 6.07) is 3.70. The summed E-state index contributed by atoms with van der Waals surface area (Å²) >= 11 is 8.85. The molecule has 1 aromatic rings. The Morgan fingerprint density at radius 3 is 2.73 bits per heavy atom. The fourth-order valence-electron chi connectivity index (χ4n) is 2.42. The summed E-state index contributed by atoms with van der Waals surface area (Å²) in [6.07, 6.45) is 2.68. The predicted molar refractivity (Wildman–Crippen MR) is 90.6 cm³/mol. The molecule has 1 fully saturated rings. The number of carbonyl (C=O) groups excluding carboxylic acids is 1. The second kappa shape index (κ2) is 5.89. The lowest BCUT2D eigenvalue weighted by molar-refractivity contribution is -0.122. The van der Waals surface area contributed by atoms with Gasteiger partial charge in [0.05, 0.1) is 0 Å². The van der Waals surface area contributed by atoms with E-state index in [1.54, 1.807) is 9.80 Å². The Morgan fingerprint density at radius 2 is 2.05 bits per heavy atom. The Labute approximate surface area is 142 Å². The molecular weight excluding hydrogens is 368 g/mol. The smallest absolute Gasteiger partial charge is 0.276 e. The molecule has 0 unspecified atom stereocenters. The van der Waals surface area contributed by atoms with Crippen LogP contribution in [-0.4, -0.2) is 41.2 Å². The van der Waals surface area contributed by atoms with Gasteiger partial charge >= 0.3 is 0 Å². The number of hydrogen-bond acceptors (Lipinski definition) is 4. The average Bonchev–Trinajstić information content (AvgIpc) is 3.01. The van der Waals surface area contributed by atoms with Crippen molar-refractivity contribution >= 4 is 45.2 Å². The van der Waals surface area contributed by atoms with Crippen molar-refractivity contribution in [1.29, 1.82) is 0 Å². The topological polar surface area (TPSA) is 42.0 Å². The van der Waals surface area contributed by atoms with Gasteiger partial charge in [-0.05, 0) is 42.4 Å². The van der Waals surface area contributed by atoms with E-state index in [0.717, 1.165) is 16.5 Å². The molecule has 2 heterocycles. The van der Waals surface area contributed by atoms with Crippen molar-refractivity contribution in [2.75, 3.05) is 20.4 Å². The molecule has 0 aliphatic carbocycles. The number of benzene rings is 1. The number of halogens is 1. The first kappa shape index (κ1) is 15.3. The fraction of sp³-hybridized carbons (Fsp3) is 0.333. The Bertz CT molecular complexity index is 690. The highest BCUT2D eigenvalue weighted by atomic mass is 79.9. The van der Waals surface area contributed by atoms with E-state index in [2.05, 4.69) is 15.9 Å². The molecular formula is C15H15BrN2O3S. The van der Waals surface area contributed by atoms with Crippen molar-refractivity contribution in [3.8, 4) is 11.5 Å². The Hall–Kier alpha value is -1.60. The molecule has 7 heteroatoms. The van der Waals surface area contributed by atoms with Crippen LogP contribution in [-0.2, 0) is 4.79 Å². The minimum atomic E-state index is -0.0704. The van der Waals surface area contributed by atoms with Crippen LogP contribution in [0.5, 0.6) is 11.5 Å². The number of carbonyl (C=O) groups is 1. The number of ether oxygens (including phenoxy) is 2.